The second kappa shape index (κ2) is 9.46. The van der Waals surface area contributed by atoms with Crippen LogP contribution in [-0.4, -0.2) is 42.1 Å². The molecule has 0 spiro atoms. The van der Waals surface area contributed by atoms with Crippen LogP contribution in [0.4, 0.5) is 14.9 Å². The first-order valence-corrected chi connectivity index (χ1v) is 11.0. The Morgan fingerprint density at radius 3 is 2.78 bits per heavy atom. The maximum absolute atomic E-state index is 13.1. The van der Waals surface area contributed by atoms with Gasteiger partial charge in [-0.3, -0.25) is 4.79 Å². The molecule has 2 aliphatic rings. The molecule has 0 saturated carbocycles. The molecule has 1 fully saturated rings. The van der Waals surface area contributed by atoms with E-state index in [4.69, 9.17) is 9.47 Å². The molecule has 2 aliphatic heterocycles. The number of anilines is 1. The fourth-order valence-electron chi connectivity index (χ4n) is 4.22. The minimum atomic E-state index is -0.559. The Hall–Kier alpha value is -3.29. The molecule has 2 atom stereocenters. The zero-order valence-corrected chi connectivity index (χ0v) is 18.3. The lowest BCUT2D eigenvalue weighted by molar-refractivity contribution is -0.124. The van der Waals surface area contributed by atoms with Crippen LogP contribution in [0.2, 0.25) is 0 Å². The van der Waals surface area contributed by atoms with Gasteiger partial charge in [0.15, 0.2) is 0 Å². The zero-order valence-electron chi connectivity index (χ0n) is 18.3. The van der Waals surface area contributed by atoms with Crippen LogP contribution in [0, 0.1) is 5.82 Å². The fourth-order valence-corrected chi connectivity index (χ4v) is 4.22. The average molecular weight is 442 g/mol. The van der Waals surface area contributed by atoms with Crippen LogP contribution in [0.25, 0.3) is 0 Å². The molecule has 4 rings (SSSR count). The Morgan fingerprint density at radius 1 is 1.25 bits per heavy atom. The molecule has 170 valence electrons. The van der Waals surface area contributed by atoms with Gasteiger partial charge in [-0.15, -0.1) is 0 Å². The first kappa shape index (κ1) is 21.9. The summed E-state index contributed by atoms with van der Waals surface area (Å²) in [5.74, 6) is 0.973. The number of nitrogens with zero attached hydrogens (tertiary/aromatic N) is 1. The number of nitrogens with one attached hydrogen (secondary N) is 2. The molecule has 1 saturated heterocycles. The van der Waals surface area contributed by atoms with Crippen molar-refractivity contribution in [1.82, 2.24) is 10.2 Å². The van der Waals surface area contributed by atoms with E-state index in [1.807, 2.05) is 26.0 Å². The van der Waals surface area contributed by atoms with Crippen molar-refractivity contribution in [3.63, 3.8) is 0 Å². The molecule has 2 aromatic carbocycles. The third kappa shape index (κ3) is 4.79. The Labute approximate surface area is 186 Å². The third-order valence-electron chi connectivity index (χ3n) is 5.74. The molecule has 3 amide bonds. The Bertz CT molecular complexity index is 995. The zero-order chi connectivity index (χ0) is 22.7. The van der Waals surface area contributed by atoms with Gasteiger partial charge in [-0.05, 0) is 63.1 Å². The number of urea groups is 1. The highest BCUT2D eigenvalue weighted by Crippen LogP contribution is 2.35. The van der Waals surface area contributed by atoms with Gasteiger partial charge in [0.25, 0.3) is 0 Å². The van der Waals surface area contributed by atoms with Crippen molar-refractivity contribution in [2.75, 3.05) is 18.5 Å². The molecular weight excluding hydrogens is 413 g/mol. The number of hydrogen-bond acceptors (Lipinski definition) is 4. The Kier molecular flexibility index (Phi) is 6.48. The second-order valence-corrected chi connectivity index (χ2v) is 8.14. The first-order chi connectivity index (χ1) is 15.4. The van der Waals surface area contributed by atoms with Gasteiger partial charge in [0, 0.05) is 36.3 Å². The molecule has 0 unspecified atom stereocenters. The maximum atomic E-state index is 13.1. The quantitative estimate of drug-likeness (QED) is 0.714. The summed E-state index contributed by atoms with van der Waals surface area (Å²) in [5, 5.41) is 5.68. The van der Waals surface area contributed by atoms with E-state index < -0.39 is 6.04 Å². The monoisotopic (exact) mass is 441 g/mol. The van der Waals surface area contributed by atoms with Crippen LogP contribution in [0.5, 0.6) is 11.5 Å². The summed E-state index contributed by atoms with van der Waals surface area (Å²) < 4.78 is 24.7. The van der Waals surface area contributed by atoms with Gasteiger partial charge in [-0.1, -0.05) is 0 Å². The van der Waals surface area contributed by atoms with Gasteiger partial charge in [-0.25, -0.2) is 9.18 Å². The molecule has 0 aromatic heterocycles. The largest absolute Gasteiger partial charge is 0.494 e. The summed E-state index contributed by atoms with van der Waals surface area (Å²) in [6.45, 7) is 5.23. The van der Waals surface area contributed by atoms with E-state index in [0.717, 1.165) is 35.5 Å². The summed E-state index contributed by atoms with van der Waals surface area (Å²) in [6, 6.07) is 8.52. The number of benzene rings is 2. The van der Waals surface area contributed by atoms with E-state index in [0.29, 0.717) is 25.3 Å². The smallest absolute Gasteiger partial charge is 0.322 e. The molecule has 0 bridgehead atoms. The summed E-state index contributed by atoms with van der Waals surface area (Å²) in [4.78, 5) is 27.1. The number of hydrogen-bond donors (Lipinski definition) is 2. The minimum absolute atomic E-state index is 0.121. The van der Waals surface area contributed by atoms with Crippen molar-refractivity contribution in [3.05, 3.63) is 53.3 Å². The summed E-state index contributed by atoms with van der Waals surface area (Å²) >= 11 is 0. The number of amides is 3. The minimum Gasteiger partial charge on any atom is -0.494 e. The lowest BCUT2D eigenvalue weighted by atomic mass is 10.1. The van der Waals surface area contributed by atoms with Crippen molar-refractivity contribution >= 4 is 17.6 Å². The van der Waals surface area contributed by atoms with E-state index in [1.165, 1.54) is 29.2 Å². The van der Waals surface area contributed by atoms with E-state index in [2.05, 4.69) is 10.6 Å². The van der Waals surface area contributed by atoms with Crippen molar-refractivity contribution < 1.29 is 23.5 Å². The second-order valence-electron chi connectivity index (χ2n) is 8.14. The summed E-state index contributed by atoms with van der Waals surface area (Å²) in [7, 11) is 0. The molecule has 2 N–H and O–H groups in total. The number of likely N-dealkylation sites (tertiary alicyclic amines) is 1. The van der Waals surface area contributed by atoms with E-state index in [9.17, 15) is 14.0 Å². The summed E-state index contributed by atoms with van der Waals surface area (Å²) in [5.41, 5.74) is 2.43. The van der Waals surface area contributed by atoms with E-state index in [1.54, 1.807) is 0 Å². The lowest BCUT2D eigenvalue weighted by Crippen LogP contribution is -2.47. The predicted octanol–water partition coefficient (Wildman–Crippen LogP) is 3.86. The van der Waals surface area contributed by atoms with Crippen LogP contribution in [0.1, 0.15) is 37.8 Å². The highest BCUT2D eigenvalue weighted by atomic mass is 19.1. The number of ether oxygens (including phenoxy) is 2. The topological polar surface area (TPSA) is 79.9 Å². The molecule has 7 nitrogen and oxygen atoms in total. The molecule has 32 heavy (non-hydrogen) atoms. The lowest BCUT2D eigenvalue weighted by Gasteiger charge is -2.24. The molecule has 0 aliphatic carbocycles. The first-order valence-electron chi connectivity index (χ1n) is 11.0. The highest BCUT2D eigenvalue weighted by molar-refractivity contribution is 5.94. The average Bonchev–Trinajstić information content (AvgIpc) is 3.39. The Balaban J connectivity index is 1.40. The number of fused-ring (bicyclic) bond motifs is 1. The number of halogens is 1. The molecule has 8 heteroatoms. The van der Waals surface area contributed by atoms with Crippen molar-refractivity contribution in [1.29, 1.82) is 0 Å². The van der Waals surface area contributed by atoms with Crippen molar-refractivity contribution in [2.45, 2.75) is 51.8 Å². The fraction of sp³-hybridized carbons (Fsp3) is 0.417. The van der Waals surface area contributed by atoms with E-state index >= 15 is 0 Å². The van der Waals surface area contributed by atoms with Crippen molar-refractivity contribution in [2.24, 2.45) is 0 Å². The number of rotatable bonds is 6. The van der Waals surface area contributed by atoms with Gasteiger partial charge in [0.2, 0.25) is 5.91 Å². The molecule has 2 aromatic rings. The van der Waals surface area contributed by atoms with Crippen LogP contribution in [-0.2, 0) is 17.8 Å². The molecule has 2 heterocycles. The van der Waals surface area contributed by atoms with Gasteiger partial charge < -0.3 is 25.0 Å². The van der Waals surface area contributed by atoms with Gasteiger partial charge in [-0.2, -0.15) is 0 Å². The van der Waals surface area contributed by atoms with E-state index in [-0.39, 0.29) is 30.4 Å². The normalized spacial score (nSPS) is 19.3. The van der Waals surface area contributed by atoms with Gasteiger partial charge >= 0.3 is 6.03 Å². The van der Waals surface area contributed by atoms with Gasteiger partial charge in [0.1, 0.15) is 29.5 Å². The third-order valence-corrected chi connectivity index (χ3v) is 5.74. The molecule has 0 radical (unpaired) electrons. The molecular formula is C24H28FN3O4. The van der Waals surface area contributed by atoms with Crippen LogP contribution in [0.3, 0.4) is 0 Å². The number of carbonyl (C=O) groups is 2. The van der Waals surface area contributed by atoms with Crippen LogP contribution < -0.4 is 20.1 Å². The van der Waals surface area contributed by atoms with Crippen LogP contribution in [0.15, 0.2) is 36.4 Å². The summed E-state index contributed by atoms with van der Waals surface area (Å²) in [6.07, 6.45) is 2.29. The highest BCUT2D eigenvalue weighted by Gasteiger charge is 2.34. The Morgan fingerprint density at radius 2 is 2.03 bits per heavy atom. The van der Waals surface area contributed by atoms with Gasteiger partial charge in [0.05, 0.1) is 6.61 Å². The van der Waals surface area contributed by atoms with Crippen molar-refractivity contribution in [3.8, 4) is 11.5 Å². The number of carbonyl (C=O) groups excluding carboxylic acids is 2. The standard InChI is InChI=1S/C24H28FN3O4/c1-3-31-21-12-16-11-15(2)32-22(16)13-17(21)14-26-23(29)20-5-4-10-28(20)24(30)27-19-8-6-18(25)7-9-19/h6-9,12-13,15,20H,3-5,10-11,14H2,1-2H3,(H,26,29)(H,27,30)/t15-,20-/m1/s1. The van der Waals surface area contributed by atoms with Crippen LogP contribution >= 0.6 is 0 Å². The maximum Gasteiger partial charge on any atom is 0.322 e. The SMILES string of the molecule is CCOc1cc2c(cc1CNC(=O)[C@H]1CCCN1C(=O)Nc1ccc(F)cc1)O[C@H](C)C2. The predicted molar refractivity (Wildman–Crippen MR) is 118 cm³/mol.